The van der Waals surface area contributed by atoms with Crippen LogP contribution in [0.1, 0.15) is 22.5 Å². The first-order chi connectivity index (χ1) is 9.52. The number of aryl methyl sites for hydroxylation is 3. The monoisotopic (exact) mass is 270 g/mol. The van der Waals surface area contributed by atoms with Crippen LogP contribution < -0.4 is 5.63 Å². The molecule has 2 aromatic heterocycles. The second-order valence-corrected chi connectivity index (χ2v) is 5.01. The van der Waals surface area contributed by atoms with Crippen LogP contribution >= 0.6 is 0 Å². The Hall–Kier alpha value is -2.36. The molecule has 1 aromatic carbocycles. The summed E-state index contributed by atoms with van der Waals surface area (Å²) in [6.07, 6.45) is 1.19. The lowest BCUT2D eigenvalue weighted by Crippen LogP contribution is -1.99. The second-order valence-electron chi connectivity index (χ2n) is 5.01. The van der Waals surface area contributed by atoms with Gasteiger partial charge in [0.05, 0.1) is 0 Å². The van der Waals surface area contributed by atoms with Crippen molar-refractivity contribution in [1.82, 2.24) is 0 Å². The van der Waals surface area contributed by atoms with Crippen molar-refractivity contribution >= 4 is 28.2 Å². The van der Waals surface area contributed by atoms with Crippen LogP contribution in [-0.2, 0) is 11.2 Å². The normalized spacial score (nSPS) is 11.3. The van der Waals surface area contributed by atoms with Crippen LogP contribution in [0.4, 0.5) is 0 Å². The molecule has 20 heavy (non-hydrogen) atoms. The summed E-state index contributed by atoms with van der Waals surface area (Å²) in [5.74, 6) is 0.727. The van der Waals surface area contributed by atoms with Crippen LogP contribution in [0.25, 0.3) is 21.9 Å². The first kappa shape index (κ1) is 12.7. The van der Waals surface area contributed by atoms with Gasteiger partial charge in [-0.2, -0.15) is 0 Å². The first-order valence-electron chi connectivity index (χ1n) is 6.42. The summed E-state index contributed by atoms with van der Waals surface area (Å²) < 4.78 is 11.1. The highest BCUT2D eigenvalue weighted by atomic mass is 16.4. The van der Waals surface area contributed by atoms with Gasteiger partial charge in [-0.15, -0.1) is 0 Å². The largest absolute Gasteiger partial charge is 0.461 e. The minimum Gasteiger partial charge on any atom is -0.461 e. The molecule has 0 bridgehead atoms. The molecule has 3 aromatic rings. The van der Waals surface area contributed by atoms with Crippen LogP contribution in [0.5, 0.6) is 0 Å². The second kappa shape index (κ2) is 4.34. The van der Waals surface area contributed by atoms with Gasteiger partial charge in [0.2, 0.25) is 0 Å². The number of benzene rings is 1. The molecule has 0 unspecified atom stereocenters. The maximum atomic E-state index is 11.5. The molecule has 0 spiro atoms. The Morgan fingerprint density at radius 2 is 1.75 bits per heavy atom. The molecule has 0 fully saturated rings. The molecule has 3 rings (SSSR count). The number of hydrogen-bond acceptors (Lipinski definition) is 4. The van der Waals surface area contributed by atoms with E-state index >= 15 is 0 Å². The molecule has 0 saturated heterocycles. The lowest BCUT2D eigenvalue weighted by Gasteiger charge is -2.04. The summed E-state index contributed by atoms with van der Waals surface area (Å²) in [5, 5.41) is 1.79. The lowest BCUT2D eigenvalue weighted by molar-refractivity contribution is -0.107. The Morgan fingerprint density at radius 3 is 2.45 bits per heavy atom. The number of carbonyl (C=O) groups is 1. The van der Waals surface area contributed by atoms with E-state index in [0.717, 1.165) is 39.5 Å². The van der Waals surface area contributed by atoms with Crippen LogP contribution in [0.2, 0.25) is 0 Å². The summed E-state index contributed by atoms with van der Waals surface area (Å²) in [5.41, 5.74) is 3.41. The predicted octanol–water partition coefficient (Wildman–Crippen LogP) is 3.21. The molecule has 0 aliphatic carbocycles. The van der Waals surface area contributed by atoms with E-state index in [9.17, 15) is 9.59 Å². The Morgan fingerprint density at radius 1 is 1.05 bits per heavy atom. The van der Waals surface area contributed by atoms with E-state index in [1.165, 1.54) is 6.07 Å². The van der Waals surface area contributed by atoms with Gasteiger partial charge in [-0.3, -0.25) is 0 Å². The number of aldehydes is 1. The summed E-state index contributed by atoms with van der Waals surface area (Å²) in [4.78, 5) is 22.4. The molecule has 0 radical (unpaired) electrons. The number of furan rings is 1. The zero-order chi connectivity index (χ0) is 14.4. The number of rotatable bonds is 2. The van der Waals surface area contributed by atoms with E-state index in [0.29, 0.717) is 17.6 Å². The Labute approximate surface area is 115 Å². The zero-order valence-corrected chi connectivity index (χ0v) is 11.6. The highest BCUT2D eigenvalue weighted by Gasteiger charge is 2.17. The minimum atomic E-state index is -0.367. The summed E-state index contributed by atoms with van der Waals surface area (Å²) in [7, 11) is 0. The van der Waals surface area contributed by atoms with Gasteiger partial charge in [0.15, 0.2) is 0 Å². The van der Waals surface area contributed by atoms with Gasteiger partial charge in [0.25, 0.3) is 0 Å². The molecule has 102 valence electrons. The number of fused-ring (bicyclic) bond motifs is 2. The van der Waals surface area contributed by atoms with Gasteiger partial charge in [-0.1, -0.05) is 0 Å². The molecule has 0 atom stereocenters. The lowest BCUT2D eigenvalue weighted by atomic mass is 10.0. The van der Waals surface area contributed by atoms with Crippen molar-refractivity contribution < 1.29 is 13.6 Å². The fourth-order valence-corrected chi connectivity index (χ4v) is 2.69. The molecule has 0 aliphatic rings. The van der Waals surface area contributed by atoms with Gasteiger partial charge < -0.3 is 13.6 Å². The Balaban J connectivity index is 2.54. The topological polar surface area (TPSA) is 60.4 Å². The smallest absolute Gasteiger partial charge is 0.336 e. The molecular weight excluding hydrogens is 256 g/mol. The average molecular weight is 270 g/mol. The van der Waals surface area contributed by atoms with Crippen LogP contribution in [0.3, 0.4) is 0 Å². The Kier molecular flexibility index (Phi) is 2.74. The molecular formula is C16H14O4. The molecule has 2 heterocycles. The highest BCUT2D eigenvalue weighted by Crippen LogP contribution is 2.34. The minimum absolute atomic E-state index is 0.319. The Bertz CT molecular complexity index is 896. The van der Waals surface area contributed by atoms with Crippen molar-refractivity contribution in [2.45, 2.75) is 27.2 Å². The molecule has 4 nitrogen and oxygen atoms in total. The van der Waals surface area contributed by atoms with Crippen molar-refractivity contribution in [3.8, 4) is 0 Å². The van der Waals surface area contributed by atoms with E-state index in [4.69, 9.17) is 8.83 Å². The van der Waals surface area contributed by atoms with E-state index in [2.05, 4.69) is 0 Å². The zero-order valence-electron chi connectivity index (χ0n) is 11.6. The van der Waals surface area contributed by atoms with E-state index in [1.54, 1.807) is 0 Å². The van der Waals surface area contributed by atoms with Gasteiger partial charge in [0, 0.05) is 34.4 Å². The van der Waals surface area contributed by atoms with Crippen molar-refractivity contribution in [2.24, 2.45) is 0 Å². The van der Waals surface area contributed by atoms with Gasteiger partial charge in [0.1, 0.15) is 23.2 Å². The van der Waals surface area contributed by atoms with Crippen LogP contribution in [-0.4, -0.2) is 6.29 Å². The SMILES string of the molecule is Cc1oc2c(C)c3oc(=O)cc(C)c3cc2c1CC=O. The first-order valence-corrected chi connectivity index (χ1v) is 6.42. The standard InChI is InChI=1S/C16H14O4/c1-8-6-14(18)20-15-9(2)16-13(7-12(8)15)11(4-5-17)10(3)19-16/h5-7H,4H2,1-3H3. The van der Waals surface area contributed by atoms with Crippen molar-refractivity contribution in [1.29, 1.82) is 0 Å². The molecule has 4 heteroatoms. The maximum absolute atomic E-state index is 11.5. The average Bonchev–Trinajstić information content (AvgIpc) is 2.70. The third-order valence-electron chi connectivity index (χ3n) is 3.71. The van der Waals surface area contributed by atoms with Crippen molar-refractivity contribution in [3.63, 3.8) is 0 Å². The molecule has 0 N–H and O–H groups in total. The van der Waals surface area contributed by atoms with E-state index < -0.39 is 0 Å². The third kappa shape index (κ3) is 1.68. The van der Waals surface area contributed by atoms with E-state index in [-0.39, 0.29) is 5.63 Å². The number of carbonyl (C=O) groups excluding carboxylic acids is 1. The van der Waals surface area contributed by atoms with Gasteiger partial charge >= 0.3 is 5.63 Å². The quantitative estimate of drug-likeness (QED) is 0.530. The summed E-state index contributed by atoms with van der Waals surface area (Å²) >= 11 is 0. The van der Waals surface area contributed by atoms with Gasteiger partial charge in [-0.25, -0.2) is 4.79 Å². The molecule has 0 saturated carbocycles. The highest BCUT2D eigenvalue weighted by molar-refractivity contribution is 6.00. The molecule has 0 amide bonds. The maximum Gasteiger partial charge on any atom is 0.336 e. The number of hydrogen-bond donors (Lipinski definition) is 0. The van der Waals surface area contributed by atoms with Gasteiger partial charge in [-0.05, 0) is 32.4 Å². The van der Waals surface area contributed by atoms with E-state index in [1.807, 2.05) is 26.8 Å². The molecule has 0 aliphatic heterocycles. The van der Waals surface area contributed by atoms with Crippen LogP contribution in [0, 0.1) is 20.8 Å². The summed E-state index contributed by atoms with van der Waals surface area (Å²) in [6.45, 7) is 5.57. The fourth-order valence-electron chi connectivity index (χ4n) is 2.69. The van der Waals surface area contributed by atoms with Crippen molar-refractivity contribution in [2.75, 3.05) is 0 Å². The van der Waals surface area contributed by atoms with Crippen molar-refractivity contribution in [3.05, 3.63) is 45.0 Å². The fraction of sp³-hybridized carbons (Fsp3) is 0.250. The third-order valence-corrected chi connectivity index (χ3v) is 3.71. The van der Waals surface area contributed by atoms with Crippen LogP contribution in [0.15, 0.2) is 25.8 Å². The summed E-state index contributed by atoms with van der Waals surface area (Å²) in [6, 6.07) is 3.41. The predicted molar refractivity (Wildman–Crippen MR) is 76.2 cm³/mol.